The van der Waals surface area contributed by atoms with Crippen molar-refractivity contribution in [2.24, 2.45) is 0 Å². The summed E-state index contributed by atoms with van der Waals surface area (Å²) in [5.74, 6) is -0.235. The molecule has 1 aromatic heterocycles. The van der Waals surface area contributed by atoms with Gasteiger partial charge in [0, 0.05) is 5.56 Å². The van der Waals surface area contributed by atoms with Crippen LogP contribution in [-0.4, -0.2) is 43.0 Å². The van der Waals surface area contributed by atoms with E-state index < -0.39 is 21.0 Å². The minimum atomic E-state index is -3.49. The molecule has 0 saturated carbocycles. The Labute approximate surface area is 149 Å². The summed E-state index contributed by atoms with van der Waals surface area (Å²) in [6.07, 6.45) is 1.35. The number of carbonyl (C=O) groups is 1. The number of ether oxygens (including phenoxy) is 2. The molecule has 0 atom stereocenters. The predicted octanol–water partition coefficient (Wildman–Crippen LogP) is 1.85. The van der Waals surface area contributed by atoms with Gasteiger partial charge in [0.1, 0.15) is 19.5 Å². The van der Waals surface area contributed by atoms with Gasteiger partial charge >= 0.3 is 6.01 Å². The van der Waals surface area contributed by atoms with Crippen LogP contribution in [0.1, 0.15) is 30.1 Å². The molecule has 0 fully saturated rings. The lowest BCUT2D eigenvalue weighted by atomic mass is 10.2. The highest BCUT2D eigenvalue weighted by Crippen LogP contribution is 2.21. The Hall–Kier alpha value is -2.88. The minimum Gasteiger partial charge on any atom is -0.494 e. The number of hydrogen-bond donors (Lipinski definition) is 1. The van der Waals surface area contributed by atoms with Gasteiger partial charge in [-0.05, 0) is 32.0 Å². The minimum absolute atomic E-state index is 0.0659. The maximum Gasteiger partial charge on any atom is 0.322 e. The van der Waals surface area contributed by atoms with Gasteiger partial charge in [-0.3, -0.25) is 10.1 Å². The second kappa shape index (κ2) is 7.16. The third kappa shape index (κ3) is 3.69. The van der Waals surface area contributed by atoms with E-state index in [0.29, 0.717) is 13.2 Å². The van der Waals surface area contributed by atoms with Crippen LogP contribution >= 0.6 is 0 Å². The fraction of sp³-hybridized carbons (Fsp3) is 0.312. The molecule has 0 spiro atoms. The number of sulfone groups is 1. The van der Waals surface area contributed by atoms with Gasteiger partial charge in [0.25, 0.3) is 11.8 Å². The molecule has 9 nitrogen and oxygen atoms in total. The maximum atomic E-state index is 12.3. The van der Waals surface area contributed by atoms with Crippen molar-refractivity contribution in [2.45, 2.75) is 24.0 Å². The molecule has 0 saturated heterocycles. The first-order valence-electron chi connectivity index (χ1n) is 7.81. The van der Waals surface area contributed by atoms with E-state index >= 15 is 0 Å². The quantitative estimate of drug-likeness (QED) is 0.835. The van der Waals surface area contributed by atoms with Crippen LogP contribution in [0.4, 0.5) is 6.01 Å². The molecular formula is C16H17N3O6S. The largest absolute Gasteiger partial charge is 0.494 e. The summed E-state index contributed by atoms with van der Waals surface area (Å²) in [7, 11) is -3.49. The number of nitrogens with zero attached hydrogens (tertiary/aromatic N) is 2. The standard InChI is InChI=1S/C16H17N3O6S/c1-10(2)26(21,22)12-5-3-4-11(8-12)14(20)17-16-19-18-15(25-16)13-9-23-6-7-24-13/h3-5,8-10H,6-7H2,1-2H3,(H,17,19,20). The molecule has 0 bridgehead atoms. The Morgan fingerprint density at radius 1 is 1.23 bits per heavy atom. The number of aromatic nitrogens is 2. The molecule has 3 rings (SSSR count). The van der Waals surface area contributed by atoms with Crippen LogP contribution in [0, 0.1) is 0 Å². The molecule has 1 aliphatic rings. The van der Waals surface area contributed by atoms with E-state index in [9.17, 15) is 13.2 Å². The molecule has 1 amide bonds. The Kier molecular flexibility index (Phi) is 4.94. The van der Waals surface area contributed by atoms with Crippen molar-refractivity contribution in [1.29, 1.82) is 0 Å². The zero-order chi connectivity index (χ0) is 18.7. The lowest BCUT2D eigenvalue weighted by Gasteiger charge is -2.11. The summed E-state index contributed by atoms with van der Waals surface area (Å²) in [4.78, 5) is 12.4. The van der Waals surface area contributed by atoms with Crippen LogP contribution in [0.25, 0.3) is 5.76 Å². The van der Waals surface area contributed by atoms with Gasteiger partial charge in [0.15, 0.2) is 9.84 Å². The Morgan fingerprint density at radius 3 is 2.73 bits per heavy atom. The van der Waals surface area contributed by atoms with E-state index in [1.165, 1.54) is 30.5 Å². The monoisotopic (exact) mass is 379 g/mol. The molecule has 138 valence electrons. The smallest absolute Gasteiger partial charge is 0.322 e. The maximum absolute atomic E-state index is 12.3. The molecule has 1 aromatic carbocycles. The Morgan fingerprint density at radius 2 is 2.04 bits per heavy atom. The molecule has 2 heterocycles. The first kappa shape index (κ1) is 17.9. The molecule has 10 heteroatoms. The van der Waals surface area contributed by atoms with Crippen LogP contribution in [0.3, 0.4) is 0 Å². The molecule has 1 aliphatic heterocycles. The van der Waals surface area contributed by atoms with Crippen molar-refractivity contribution in [2.75, 3.05) is 18.5 Å². The first-order valence-corrected chi connectivity index (χ1v) is 9.36. The van der Waals surface area contributed by atoms with Crippen LogP contribution in [0.5, 0.6) is 0 Å². The van der Waals surface area contributed by atoms with E-state index in [-0.39, 0.29) is 28.1 Å². The number of benzene rings is 1. The summed E-state index contributed by atoms with van der Waals surface area (Å²) in [6, 6.07) is 5.61. The van der Waals surface area contributed by atoms with Gasteiger partial charge in [-0.25, -0.2) is 8.42 Å². The van der Waals surface area contributed by atoms with Crippen molar-refractivity contribution in [3.05, 3.63) is 42.0 Å². The number of rotatable bonds is 5. The summed E-state index contributed by atoms with van der Waals surface area (Å²) < 4.78 is 40.2. The topological polar surface area (TPSA) is 121 Å². The van der Waals surface area contributed by atoms with Crippen molar-refractivity contribution < 1.29 is 27.1 Å². The fourth-order valence-corrected chi connectivity index (χ4v) is 3.21. The normalized spacial score (nSPS) is 14.3. The first-order chi connectivity index (χ1) is 12.4. The van der Waals surface area contributed by atoms with Crippen LogP contribution in [0.15, 0.2) is 39.8 Å². The van der Waals surface area contributed by atoms with E-state index in [2.05, 4.69) is 15.5 Å². The number of anilines is 1. The van der Waals surface area contributed by atoms with Crippen LogP contribution < -0.4 is 5.32 Å². The lowest BCUT2D eigenvalue weighted by molar-refractivity contribution is 0.102. The predicted molar refractivity (Wildman–Crippen MR) is 90.9 cm³/mol. The third-order valence-electron chi connectivity index (χ3n) is 3.55. The number of amides is 1. The zero-order valence-corrected chi connectivity index (χ0v) is 14.9. The summed E-state index contributed by atoms with van der Waals surface area (Å²) in [6.45, 7) is 3.94. The highest BCUT2D eigenvalue weighted by Gasteiger charge is 2.21. The van der Waals surface area contributed by atoms with Gasteiger partial charge in [-0.15, -0.1) is 5.10 Å². The van der Waals surface area contributed by atoms with Crippen LogP contribution in [0.2, 0.25) is 0 Å². The number of carbonyl (C=O) groups excluding carboxylic acids is 1. The van der Waals surface area contributed by atoms with Gasteiger partial charge in [-0.1, -0.05) is 11.2 Å². The molecule has 2 aromatic rings. The van der Waals surface area contributed by atoms with Crippen molar-refractivity contribution in [1.82, 2.24) is 10.2 Å². The Balaban J connectivity index is 1.77. The fourth-order valence-electron chi connectivity index (χ4n) is 2.11. The van der Waals surface area contributed by atoms with Crippen LogP contribution in [-0.2, 0) is 19.3 Å². The van der Waals surface area contributed by atoms with E-state index in [0.717, 1.165) is 0 Å². The number of hydrogen-bond acceptors (Lipinski definition) is 8. The van der Waals surface area contributed by atoms with Crippen molar-refractivity contribution in [3.63, 3.8) is 0 Å². The lowest BCUT2D eigenvalue weighted by Crippen LogP contribution is -2.16. The van der Waals surface area contributed by atoms with Gasteiger partial charge in [-0.2, -0.15) is 0 Å². The summed E-state index contributed by atoms with van der Waals surface area (Å²) >= 11 is 0. The number of nitrogens with one attached hydrogen (secondary N) is 1. The average molecular weight is 379 g/mol. The van der Waals surface area contributed by atoms with E-state index in [1.807, 2.05) is 0 Å². The molecular weight excluding hydrogens is 362 g/mol. The summed E-state index contributed by atoms with van der Waals surface area (Å²) in [5, 5.41) is 9.31. The molecule has 1 N–H and O–H groups in total. The van der Waals surface area contributed by atoms with Gasteiger partial charge in [0.2, 0.25) is 5.76 Å². The van der Waals surface area contributed by atoms with Gasteiger partial charge < -0.3 is 13.9 Å². The SMILES string of the molecule is CC(C)S(=O)(=O)c1cccc(C(=O)Nc2nnc(C3=COCCO3)o2)c1. The van der Waals surface area contributed by atoms with Crippen molar-refractivity contribution >= 4 is 27.5 Å². The second-order valence-corrected chi connectivity index (χ2v) is 8.19. The summed E-state index contributed by atoms with van der Waals surface area (Å²) in [5.41, 5.74) is 0.156. The highest BCUT2D eigenvalue weighted by molar-refractivity contribution is 7.92. The molecule has 0 radical (unpaired) electrons. The molecule has 26 heavy (non-hydrogen) atoms. The van der Waals surface area contributed by atoms with E-state index in [4.69, 9.17) is 13.9 Å². The highest BCUT2D eigenvalue weighted by atomic mass is 32.2. The second-order valence-electron chi connectivity index (χ2n) is 5.69. The molecule has 0 unspecified atom stereocenters. The third-order valence-corrected chi connectivity index (χ3v) is 5.70. The van der Waals surface area contributed by atoms with Crippen molar-refractivity contribution in [3.8, 4) is 0 Å². The Bertz CT molecular complexity index is 948. The van der Waals surface area contributed by atoms with Gasteiger partial charge in [0.05, 0.1) is 10.1 Å². The average Bonchev–Trinajstić information content (AvgIpc) is 3.11. The zero-order valence-electron chi connectivity index (χ0n) is 14.1. The molecule has 0 aliphatic carbocycles. The van der Waals surface area contributed by atoms with E-state index in [1.54, 1.807) is 13.8 Å².